The minimum atomic E-state index is 0.169. The van der Waals surface area contributed by atoms with Gasteiger partial charge in [0.25, 0.3) is 0 Å². The summed E-state index contributed by atoms with van der Waals surface area (Å²) in [4.78, 5) is 0. The van der Waals surface area contributed by atoms with Gasteiger partial charge < -0.3 is 11.1 Å². The number of rotatable bonds is 6. The van der Waals surface area contributed by atoms with Crippen LogP contribution in [0.5, 0.6) is 0 Å². The van der Waals surface area contributed by atoms with Gasteiger partial charge in [-0.15, -0.1) is 0 Å². The zero-order chi connectivity index (χ0) is 12.8. The molecule has 0 amide bonds. The van der Waals surface area contributed by atoms with Crippen molar-refractivity contribution in [1.82, 2.24) is 5.32 Å². The Morgan fingerprint density at radius 3 is 2.59 bits per heavy atom. The van der Waals surface area contributed by atoms with Crippen LogP contribution in [-0.4, -0.2) is 13.6 Å². The van der Waals surface area contributed by atoms with E-state index >= 15 is 0 Å². The van der Waals surface area contributed by atoms with Gasteiger partial charge in [0.05, 0.1) is 0 Å². The van der Waals surface area contributed by atoms with Gasteiger partial charge >= 0.3 is 0 Å². The number of hydrogen-bond acceptors (Lipinski definition) is 2. The maximum atomic E-state index is 6.28. The Balaban J connectivity index is 2.77. The summed E-state index contributed by atoms with van der Waals surface area (Å²) in [6.45, 7) is 7.63. The highest BCUT2D eigenvalue weighted by atomic mass is 14.8. The molecule has 1 unspecified atom stereocenters. The van der Waals surface area contributed by atoms with Crippen LogP contribution in [0.25, 0.3) is 0 Å². The summed E-state index contributed by atoms with van der Waals surface area (Å²) in [5.74, 6) is 0.568. The number of hydrogen-bond donors (Lipinski definition) is 2. The van der Waals surface area contributed by atoms with Crippen LogP contribution in [0, 0.1) is 6.92 Å². The average molecular weight is 234 g/mol. The molecule has 0 heterocycles. The highest BCUT2D eigenvalue weighted by Crippen LogP contribution is 2.24. The molecule has 2 heteroatoms. The maximum Gasteiger partial charge on any atom is 0.0298 e. The molecular weight excluding hydrogens is 208 g/mol. The number of nitrogens with two attached hydrogens (primary N) is 1. The summed E-state index contributed by atoms with van der Waals surface area (Å²) in [6.07, 6.45) is 2.17. The Morgan fingerprint density at radius 2 is 2.00 bits per heavy atom. The van der Waals surface area contributed by atoms with Crippen LogP contribution in [0.2, 0.25) is 0 Å². The predicted octanol–water partition coefficient (Wildman–Crippen LogP) is 3.12. The fourth-order valence-corrected chi connectivity index (χ4v) is 2.07. The molecule has 1 aromatic carbocycles. The second-order valence-corrected chi connectivity index (χ2v) is 5.12. The third-order valence-corrected chi connectivity index (χ3v) is 3.31. The van der Waals surface area contributed by atoms with E-state index in [1.54, 1.807) is 0 Å². The lowest BCUT2D eigenvalue weighted by atomic mass is 9.92. The van der Waals surface area contributed by atoms with Gasteiger partial charge in [0, 0.05) is 6.04 Å². The Bertz CT molecular complexity index is 345. The summed E-state index contributed by atoms with van der Waals surface area (Å²) < 4.78 is 0. The first kappa shape index (κ1) is 14.2. The van der Waals surface area contributed by atoms with Gasteiger partial charge in [0.1, 0.15) is 0 Å². The van der Waals surface area contributed by atoms with Gasteiger partial charge in [-0.1, -0.05) is 32.0 Å². The van der Waals surface area contributed by atoms with E-state index < -0.39 is 0 Å². The van der Waals surface area contributed by atoms with Crippen LogP contribution >= 0.6 is 0 Å². The molecule has 0 spiro atoms. The van der Waals surface area contributed by atoms with Crippen molar-refractivity contribution in [2.24, 2.45) is 5.73 Å². The minimum Gasteiger partial charge on any atom is -0.324 e. The molecule has 0 aromatic heterocycles. The first-order valence-corrected chi connectivity index (χ1v) is 6.57. The number of benzene rings is 1. The summed E-state index contributed by atoms with van der Waals surface area (Å²) >= 11 is 0. The van der Waals surface area contributed by atoms with Crippen LogP contribution in [0.4, 0.5) is 0 Å². The lowest BCUT2D eigenvalue weighted by Gasteiger charge is -2.17. The summed E-state index contributed by atoms with van der Waals surface area (Å²) in [5.41, 5.74) is 10.3. The molecule has 0 saturated carbocycles. The monoisotopic (exact) mass is 234 g/mol. The predicted molar refractivity (Wildman–Crippen MR) is 75.4 cm³/mol. The average Bonchev–Trinajstić information content (AvgIpc) is 2.29. The van der Waals surface area contributed by atoms with Gasteiger partial charge in [0.15, 0.2) is 0 Å². The summed E-state index contributed by atoms with van der Waals surface area (Å²) in [7, 11) is 1.98. The van der Waals surface area contributed by atoms with E-state index in [4.69, 9.17) is 5.73 Å². The van der Waals surface area contributed by atoms with Crippen molar-refractivity contribution < 1.29 is 0 Å². The molecule has 0 saturated heterocycles. The lowest BCUT2D eigenvalue weighted by molar-refractivity contribution is 0.587. The third kappa shape index (κ3) is 4.14. The van der Waals surface area contributed by atoms with E-state index in [-0.39, 0.29) is 6.04 Å². The van der Waals surface area contributed by atoms with Crippen molar-refractivity contribution in [3.8, 4) is 0 Å². The molecule has 2 nitrogen and oxygen atoms in total. The molecule has 1 atom stereocenters. The standard InChI is InChI=1S/C15H26N2/c1-11(2)13-8-7-12(3)14(10-13)15(16)6-5-9-17-4/h7-8,10-11,15,17H,5-6,9,16H2,1-4H3. The van der Waals surface area contributed by atoms with Crippen LogP contribution < -0.4 is 11.1 Å². The second-order valence-electron chi connectivity index (χ2n) is 5.12. The van der Waals surface area contributed by atoms with Crippen LogP contribution in [0.3, 0.4) is 0 Å². The van der Waals surface area contributed by atoms with E-state index in [0.717, 1.165) is 19.4 Å². The number of nitrogens with one attached hydrogen (secondary N) is 1. The van der Waals surface area contributed by atoms with Crippen LogP contribution in [0.15, 0.2) is 18.2 Å². The number of aryl methyl sites for hydroxylation is 1. The minimum absolute atomic E-state index is 0.169. The third-order valence-electron chi connectivity index (χ3n) is 3.31. The van der Waals surface area contributed by atoms with Crippen molar-refractivity contribution >= 4 is 0 Å². The van der Waals surface area contributed by atoms with Gasteiger partial charge in [-0.2, -0.15) is 0 Å². The largest absolute Gasteiger partial charge is 0.324 e. The molecule has 0 aliphatic rings. The maximum absolute atomic E-state index is 6.28. The Morgan fingerprint density at radius 1 is 1.29 bits per heavy atom. The van der Waals surface area contributed by atoms with E-state index in [9.17, 15) is 0 Å². The first-order chi connectivity index (χ1) is 8.06. The molecule has 1 rings (SSSR count). The highest BCUT2D eigenvalue weighted by molar-refractivity contribution is 5.34. The normalized spacial score (nSPS) is 13.1. The Labute approximate surface area is 106 Å². The smallest absolute Gasteiger partial charge is 0.0298 e. The van der Waals surface area contributed by atoms with Crippen molar-refractivity contribution in [3.63, 3.8) is 0 Å². The molecule has 0 radical (unpaired) electrons. The quantitative estimate of drug-likeness (QED) is 0.742. The Hall–Kier alpha value is -0.860. The zero-order valence-electron chi connectivity index (χ0n) is 11.6. The molecule has 0 aliphatic heterocycles. The van der Waals surface area contributed by atoms with Gasteiger partial charge in [0.2, 0.25) is 0 Å². The van der Waals surface area contributed by atoms with Crippen molar-refractivity contribution in [1.29, 1.82) is 0 Å². The van der Waals surface area contributed by atoms with Crippen LogP contribution in [-0.2, 0) is 0 Å². The van der Waals surface area contributed by atoms with E-state index in [2.05, 4.69) is 44.3 Å². The molecule has 1 aromatic rings. The molecule has 3 N–H and O–H groups in total. The SMILES string of the molecule is CNCCCC(N)c1cc(C(C)C)ccc1C. The highest BCUT2D eigenvalue weighted by Gasteiger charge is 2.10. The molecule has 0 bridgehead atoms. The molecule has 0 aliphatic carbocycles. The molecular formula is C15H26N2. The fourth-order valence-electron chi connectivity index (χ4n) is 2.07. The van der Waals surface area contributed by atoms with Crippen molar-refractivity contribution in [2.45, 2.75) is 45.6 Å². The van der Waals surface area contributed by atoms with Crippen LogP contribution in [0.1, 0.15) is 55.3 Å². The molecule has 17 heavy (non-hydrogen) atoms. The fraction of sp³-hybridized carbons (Fsp3) is 0.600. The van der Waals surface area contributed by atoms with Gasteiger partial charge in [-0.05, 0) is 56.0 Å². The Kier molecular flexibility index (Phi) is 5.66. The molecule has 0 fully saturated rings. The lowest BCUT2D eigenvalue weighted by Crippen LogP contribution is -2.15. The van der Waals surface area contributed by atoms with Crippen molar-refractivity contribution in [2.75, 3.05) is 13.6 Å². The van der Waals surface area contributed by atoms with E-state index in [1.165, 1.54) is 16.7 Å². The van der Waals surface area contributed by atoms with Crippen molar-refractivity contribution in [3.05, 3.63) is 34.9 Å². The zero-order valence-corrected chi connectivity index (χ0v) is 11.6. The van der Waals surface area contributed by atoms with Gasteiger partial charge in [-0.3, -0.25) is 0 Å². The second kappa shape index (κ2) is 6.77. The van der Waals surface area contributed by atoms with Gasteiger partial charge in [-0.25, -0.2) is 0 Å². The summed E-state index contributed by atoms with van der Waals surface area (Å²) in [5, 5.41) is 3.16. The molecule has 96 valence electrons. The summed E-state index contributed by atoms with van der Waals surface area (Å²) in [6, 6.07) is 6.86. The first-order valence-electron chi connectivity index (χ1n) is 6.57. The topological polar surface area (TPSA) is 38.0 Å². The van der Waals surface area contributed by atoms with E-state index in [1.807, 2.05) is 7.05 Å². The van der Waals surface area contributed by atoms with E-state index in [0.29, 0.717) is 5.92 Å².